The molecule has 0 unspecified atom stereocenters. The minimum atomic E-state index is -1.14. The van der Waals surface area contributed by atoms with Crippen molar-refractivity contribution in [2.45, 2.75) is 22.7 Å². The van der Waals surface area contributed by atoms with E-state index in [1.807, 2.05) is 0 Å². The smallest absolute Gasteiger partial charge is 0.184 e. The van der Waals surface area contributed by atoms with E-state index in [1.54, 1.807) is 6.08 Å². The van der Waals surface area contributed by atoms with Gasteiger partial charge in [0, 0.05) is 39.5 Å². The van der Waals surface area contributed by atoms with E-state index in [2.05, 4.69) is 0 Å². The Morgan fingerprint density at radius 3 is 2.60 bits per heavy atom. The molecule has 2 saturated heterocycles. The van der Waals surface area contributed by atoms with Gasteiger partial charge in [-0.2, -0.15) is 0 Å². The Kier molecular flexibility index (Phi) is 2.03. The van der Waals surface area contributed by atoms with Crippen molar-refractivity contribution >= 4 is 27.4 Å². The largest absolute Gasteiger partial charge is 0.360 e. The molecule has 0 N–H and O–H groups in total. The number of carbonyl (C=O) groups excluding carboxylic acids is 1. The summed E-state index contributed by atoms with van der Waals surface area (Å²) in [6.07, 6.45) is 2.52. The van der Waals surface area contributed by atoms with E-state index in [9.17, 15) is 13.2 Å². The van der Waals surface area contributed by atoms with Crippen molar-refractivity contribution in [3.8, 4) is 0 Å². The van der Waals surface area contributed by atoms with Gasteiger partial charge in [0.25, 0.3) is 0 Å². The van der Waals surface area contributed by atoms with Crippen LogP contribution in [0.25, 0.3) is 0 Å². The Bertz CT molecular complexity index is 398. The van der Waals surface area contributed by atoms with Gasteiger partial charge in [0.2, 0.25) is 0 Å². The summed E-state index contributed by atoms with van der Waals surface area (Å²) in [5.41, 5.74) is 0. The Morgan fingerprint density at radius 1 is 1.33 bits per heavy atom. The quantitative estimate of drug-likeness (QED) is 0.577. The lowest BCUT2D eigenvalue weighted by Crippen LogP contribution is -2.41. The summed E-state index contributed by atoms with van der Waals surface area (Å²) in [4.78, 5) is 11.4. The zero-order chi connectivity index (χ0) is 10.6. The van der Waals surface area contributed by atoms with E-state index in [4.69, 9.17) is 4.74 Å². The Morgan fingerprint density at radius 2 is 2.00 bits per heavy atom. The van der Waals surface area contributed by atoms with Crippen LogP contribution in [0.3, 0.4) is 0 Å². The van der Waals surface area contributed by atoms with Gasteiger partial charge >= 0.3 is 0 Å². The normalized spacial score (nSPS) is 46.5. The van der Waals surface area contributed by atoms with Crippen LogP contribution >= 0.6 is 0 Å². The summed E-state index contributed by atoms with van der Waals surface area (Å²) in [6, 6.07) is 0. The number of ether oxygens (including phenoxy) is 1. The highest BCUT2D eigenvalue weighted by Gasteiger charge is 2.61. The maximum atomic E-state index is 12.0. The minimum Gasteiger partial charge on any atom is -0.360 e. The van der Waals surface area contributed by atoms with Crippen LogP contribution in [0.5, 0.6) is 0 Å². The maximum absolute atomic E-state index is 12.0. The molecule has 15 heavy (non-hydrogen) atoms. The minimum absolute atomic E-state index is 0.0935. The van der Waals surface area contributed by atoms with Gasteiger partial charge in [0.15, 0.2) is 9.86 Å². The molecule has 0 radical (unpaired) electrons. The first kappa shape index (κ1) is 9.86. The third kappa shape index (κ3) is 1.13. The molecule has 82 valence electrons. The number of rotatable bonds is 0. The van der Waals surface area contributed by atoms with Gasteiger partial charge in [-0.25, -0.2) is 0 Å². The van der Waals surface area contributed by atoms with E-state index in [0.29, 0.717) is 17.9 Å². The Labute approximate surface area is 92.0 Å². The molecule has 0 amide bonds. The predicted octanol–water partition coefficient (Wildman–Crippen LogP) is -0.510. The molecular weight excluding hydrogens is 236 g/mol. The van der Waals surface area contributed by atoms with Crippen LogP contribution in [0.4, 0.5) is 0 Å². The topological polar surface area (TPSA) is 60.4 Å². The van der Waals surface area contributed by atoms with E-state index < -0.39 is 37.9 Å². The Balaban J connectivity index is 2.09. The van der Waals surface area contributed by atoms with Crippen molar-refractivity contribution < 1.29 is 17.9 Å². The second kappa shape index (κ2) is 3.09. The molecule has 3 rings (SSSR count). The standard InChI is InChI=1S/C9H10O4S2/c10-6-1-2-8-9(5-7(6)13-8)14(11)3-4-15(9)12/h1-2,7-8H,3-5H2/t7-,8-,14-,15-/m1/s1. The van der Waals surface area contributed by atoms with E-state index in [1.165, 1.54) is 6.08 Å². The fourth-order valence-corrected chi connectivity index (χ4v) is 7.09. The van der Waals surface area contributed by atoms with Crippen molar-refractivity contribution in [1.82, 2.24) is 0 Å². The monoisotopic (exact) mass is 246 g/mol. The fraction of sp³-hybridized carbons (Fsp3) is 0.667. The molecule has 1 spiro atoms. The second-order valence-corrected chi connectivity index (χ2v) is 7.84. The summed E-state index contributed by atoms with van der Waals surface area (Å²) >= 11 is 0. The van der Waals surface area contributed by atoms with Crippen molar-refractivity contribution in [3.05, 3.63) is 12.2 Å². The maximum Gasteiger partial charge on any atom is 0.184 e. The Hall–Kier alpha value is -0.330. The van der Waals surface area contributed by atoms with Crippen LogP contribution in [0, 0.1) is 0 Å². The van der Waals surface area contributed by atoms with Gasteiger partial charge < -0.3 is 4.74 Å². The molecule has 0 aromatic heterocycles. The van der Waals surface area contributed by atoms with Gasteiger partial charge in [-0.3, -0.25) is 13.2 Å². The first-order valence-electron chi connectivity index (χ1n) is 4.79. The lowest BCUT2D eigenvalue weighted by atomic mass is 10.2. The van der Waals surface area contributed by atoms with Crippen LogP contribution in [-0.2, 0) is 31.1 Å². The number of hydrogen-bond donors (Lipinski definition) is 0. The molecule has 0 aliphatic carbocycles. The third-order valence-electron chi connectivity index (χ3n) is 3.19. The van der Waals surface area contributed by atoms with Gasteiger partial charge in [0.1, 0.15) is 12.2 Å². The molecule has 2 fully saturated rings. The molecule has 2 bridgehead atoms. The summed E-state index contributed by atoms with van der Waals surface area (Å²) in [7, 11) is -2.28. The first-order valence-corrected chi connectivity index (χ1v) is 7.43. The number of carbonyl (C=O) groups is 1. The highest BCUT2D eigenvalue weighted by atomic mass is 32.3. The molecule has 0 aromatic rings. The molecular formula is C9H10O4S2. The van der Waals surface area contributed by atoms with E-state index in [-0.39, 0.29) is 5.78 Å². The molecule has 0 aromatic carbocycles. The molecule has 3 heterocycles. The van der Waals surface area contributed by atoms with Crippen LogP contribution in [-0.4, -0.2) is 42.0 Å². The average molecular weight is 246 g/mol. The first-order chi connectivity index (χ1) is 7.14. The van der Waals surface area contributed by atoms with E-state index in [0.717, 1.165) is 0 Å². The molecule has 0 saturated carbocycles. The fourth-order valence-electron chi connectivity index (χ4n) is 2.40. The predicted molar refractivity (Wildman–Crippen MR) is 56.2 cm³/mol. The van der Waals surface area contributed by atoms with Crippen molar-refractivity contribution in [3.63, 3.8) is 0 Å². The highest BCUT2D eigenvalue weighted by Crippen LogP contribution is 2.45. The molecule has 3 aliphatic heterocycles. The van der Waals surface area contributed by atoms with Gasteiger partial charge in [-0.1, -0.05) is 0 Å². The summed E-state index contributed by atoms with van der Waals surface area (Å²) in [5, 5.41) is 0. The van der Waals surface area contributed by atoms with Crippen molar-refractivity contribution in [2.75, 3.05) is 11.5 Å². The molecule has 3 aliphatic rings. The van der Waals surface area contributed by atoms with Crippen LogP contribution in [0.2, 0.25) is 0 Å². The molecule has 4 nitrogen and oxygen atoms in total. The number of ketones is 1. The van der Waals surface area contributed by atoms with Crippen LogP contribution in [0.15, 0.2) is 12.2 Å². The van der Waals surface area contributed by atoms with Crippen LogP contribution in [0.1, 0.15) is 6.42 Å². The lowest BCUT2D eigenvalue weighted by molar-refractivity contribution is -0.125. The summed E-state index contributed by atoms with van der Waals surface area (Å²) in [6.45, 7) is 0. The van der Waals surface area contributed by atoms with Crippen molar-refractivity contribution in [2.24, 2.45) is 0 Å². The second-order valence-electron chi connectivity index (χ2n) is 3.92. The van der Waals surface area contributed by atoms with Crippen molar-refractivity contribution in [1.29, 1.82) is 0 Å². The summed E-state index contributed by atoms with van der Waals surface area (Å²) < 4.78 is 28.6. The summed E-state index contributed by atoms with van der Waals surface area (Å²) in [5.74, 6) is 0.826. The highest BCUT2D eigenvalue weighted by molar-refractivity contribution is 8.07. The lowest BCUT2D eigenvalue weighted by Gasteiger charge is -2.24. The van der Waals surface area contributed by atoms with Gasteiger partial charge in [-0.15, -0.1) is 0 Å². The SMILES string of the molecule is O=C1C=C[C@H]2O[C@@H]1CC21[S@](=O)CC[S@]1=O. The average Bonchev–Trinajstić information content (AvgIpc) is 2.69. The zero-order valence-corrected chi connectivity index (χ0v) is 9.51. The third-order valence-corrected chi connectivity index (χ3v) is 8.05. The van der Waals surface area contributed by atoms with E-state index >= 15 is 0 Å². The number of hydrogen-bond acceptors (Lipinski definition) is 4. The van der Waals surface area contributed by atoms with Crippen LogP contribution < -0.4 is 0 Å². The number of fused-ring (bicyclic) bond motifs is 3. The molecule has 4 atom stereocenters. The molecule has 6 heteroatoms. The zero-order valence-electron chi connectivity index (χ0n) is 7.88. The van der Waals surface area contributed by atoms with Gasteiger partial charge in [-0.05, 0) is 12.2 Å². The van der Waals surface area contributed by atoms with Gasteiger partial charge in [0.05, 0.1) is 0 Å².